The van der Waals surface area contributed by atoms with E-state index in [0.717, 1.165) is 12.5 Å². The number of guanidine groups is 1. The fourth-order valence-electron chi connectivity index (χ4n) is 2.73. The Bertz CT molecular complexity index is 764. The Morgan fingerprint density at radius 1 is 1.04 bits per heavy atom. The van der Waals surface area contributed by atoms with Crippen LogP contribution in [0.4, 0.5) is 4.39 Å². The maximum Gasteiger partial charge on any atom is 0.224 e. The zero-order valence-corrected chi connectivity index (χ0v) is 16.5. The third-order valence-corrected chi connectivity index (χ3v) is 4.23. The van der Waals surface area contributed by atoms with Crippen LogP contribution in [0.5, 0.6) is 0 Å². The Morgan fingerprint density at radius 3 is 2.50 bits per heavy atom. The molecule has 2 aromatic carbocycles. The molecule has 0 spiro atoms. The van der Waals surface area contributed by atoms with Crippen molar-refractivity contribution in [1.82, 2.24) is 16.0 Å². The van der Waals surface area contributed by atoms with E-state index in [1.165, 1.54) is 17.7 Å². The number of hydrogen-bond donors (Lipinski definition) is 3. The molecule has 0 aliphatic carbocycles. The molecule has 0 saturated carbocycles. The van der Waals surface area contributed by atoms with Gasteiger partial charge in [0.05, 0.1) is 6.42 Å². The van der Waals surface area contributed by atoms with E-state index in [2.05, 4.69) is 40.0 Å². The largest absolute Gasteiger partial charge is 0.357 e. The summed E-state index contributed by atoms with van der Waals surface area (Å²) in [4.78, 5) is 16.6. The zero-order valence-electron chi connectivity index (χ0n) is 16.5. The Balaban J connectivity index is 1.74. The number of nitrogens with one attached hydrogen (secondary N) is 3. The van der Waals surface area contributed by atoms with Gasteiger partial charge in [-0.1, -0.05) is 49.4 Å². The zero-order chi connectivity index (χ0) is 20.2. The molecule has 2 aromatic rings. The Hall–Kier alpha value is -2.89. The normalized spacial score (nSPS) is 12.3. The second kappa shape index (κ2) is 11.7. The number of rotatable bonds is 9. The smallest absolute Gasteiger partial charge is 0.224 e. The van der Waals surface area contributed by atoms with E-state index in [0.29, 0.717) is 31.1 Å². The number of aliphatic imine (C=N–C) groups is 1. The van der Waals surface area contributed by atoms with Gasteiger partial charge in [-0.2, -0.15) is 0 Å². The highest BCUT2D eigenvalue weighted by molar-refractivity contribution is 5.80. The predicted octanol–water partition coefficient (Wildman–Crippen LogP) is 2.84. The Kier molecular flexibility index (Phi) is 8.98. The van der Waals surface area contributed by atoms with Crippen LogP contribution >= 0.6 is 0 Å². The van der Waals surface area contributed by atoms with Crippen molar-refractivity contribution in [3.8, 4) is 0 Å². The number of nitrogens with zero attached hydrogens (tertiary/aromatic N) is 1. The highest BCUT2D eigenvalue weighted by Gasteiger charge is 2.06. The minimum Gasteiger partial charge on any atom is -0.357 e. The average Bonchev–Trinajstić information content (AvgIpc) is 2.69. The summed E-state index contributed by atoms with van der Waals surface area (Å²) in [6, 6.07) is 16.4. The molecule has 3 N–H and O–H groups in total. The topological polar surface area (TPSA) is 65.5 Å². The summed E-state index contributed by atoms with van der Waals surface area (Å²) in [5, 5.41) is 9.26. The van der Waals surface area contributed by atoms with Gasteiger partial charge in [0.25, 0.3) is 0 Å². The number of carbonyl (C=O) groups excluding carboxylic acids is 1. The molecule has 0 aliphatic rings. The van der Waals surface area contributed by atoms with Crippen LogP contribution in [0.15, 0.2) is 59.6 Å². The summed E-state index contributed by atoms with van der Waals surface area (Å²) in [5.41, 5.74) is 1.92. The molecule has 0 heterocycles. The molecular weight excluding hydrogens is 355 g/mol. The Labute approximate surface area is 166 Å². The standard InChI is InChI=1S/C22H29FN4O/c1-3-24-22(27-16-17(2)19-9-5-4-6-10-19)26-13-12-25-21(28)15-18-8-7-11-20(23)14-18/h4-11,14,17H,3,12-13,15-16H2,1-2H3,(H,25,28)(H2,24,26,27). The highest BCUT2D eigenvalue weighted by Crippen LogP contribution is 2.14. The minimum atomic E-state index is -0.330. The first-order valence-electron chi connectivity index (χ1n) is 9.66. The van der Waals surface area contributed by atoms with Gasteiger partial charge in [0, 0.05) is 32.1 Å². The van der Waals surface area contributed by atoms with Crippen molar-refractivity contribution < 1.29 is 9.18 Å². The second-order valence-corrected chi connectivity index (χ2v) is 6.61. The van der Waals surface area contributed by atoms with Crippen LogP contribution in [0.2, 0.25) is 0 Å². The van der Waals surface area contributed by atoms with Gasteiger partial charge >= 0.3 is 0 Å². The van der Waals surface area contributed by atoms with Crippen molar-refractivity contribution in [3.05, 3.63) is 71.5 Å². The lowest BCUT2D eigenvalue weighted by atomic mass is 10.0. The van der Waals surface area contributed by atoms with Gasteiger partial charge in [0.15, 0.2) is 5.96 Å². The molecule has 6 heteroatoms. The number of carbonyl (C=O) groups is 1. The molecule has 150 valence electrons. The molecule has 0 aliphatic heterocycles. The van der Waals surface area contributed by atoms with Crippen molar-refractivity contribution in [3.63, 3.8) is 0 Å². The molecule has 0 aromatic heterocycles. The molecule has 0 fully saturated rings. The van der Waals surface area contributed by atoms with E-state index in [-0.39, 0.29) is 18.1 Å². The van der Waals surface area contributed by atoms with Crippen molar-refractivity contribution >= 4 is 11.9 Å². The third-order valence-electron chi connectivity index (χ3n) is 4.23. The average molecular weight is 384 g/mol. The first-order chi connectivity index (χ1) is 13.6. The molecule has 28 heavy (non-hydrogen) atoms. The number of hydrogen-bond acceptors (Lipinski definition) is 2. The van der Waals surface area contributed by atoms with E-state index in [1.807, 2.05) is 25.1 Å². The lowest BCUT2D eigenvalue weighted by molar-refractivity contribution is -0.120. The van der Waals surface area contributed by atoms with Crippen LogP contribution in [0.3, 0.4) is 0 Å². The SMILES string of the molecule is CCNC(=NCC(C)c1ccccc1)NCCNC(=O)Cc1cccc(F)c1. The van der Waals surface area contributed by atoms with Crippen molar-refractivity contribution in [2.75, 3.05) is 26.2 Å². The fourth-order valence-corrected chi connectivity index (χ4v) is 2.73. The van der Waals surface area contributed by atoms with Crippen molar-refractivity contribution in [2.45, 2.75) is 26.2 Å². The van der Waals surface area contributed by atoms with Gasteiger partial charge in [-0.3, -0.25) is 9.79 Å². The van der Waals surface area contributed by atoms with Crippen molar-refractivity contribution in [1.29, 1.82) is 0 Å². The number of halogens is 1. The van der Waals surface area contributed by atoms with Gasteiger partial charge in [-0.25, -0.2) is 4.39 Å². The van der Waals surface area contributed by atoms with Gasteiger partial charge in [-0.15, -0.1) is 0 Å². The lowest BCUT2D eigenvalue weighted by Crippen LogP contribution is -2.42. The van der Waals surface area contributed by atoms with E-state index < -0.39 is 0 Å². The Morgan fingerprint density at radius 2 is 1.79 bits per heavy atom. The van der Waals surface area contributed by atoms with Crippen LogP contribution in [0.1, 0.15) is 30.9 Å². The third kappa shape index (κ3) is 7.78. The summed E-state index contributed by atoms with van der Waals surface area (Å²) in [5.74, 6) is 0.586. The van der Waals surface area contributed by atoms with Crippen molar-refractivity contribution in [2.24, 2.45) is 4.99 Å². The number of benzene rings is 2. The van der Waals surface area contributed by atoms with Gasteiger partial charge in [0.1, 0.15) is 5.82 Å². The molecule has 0 saturated heterocycles. The van der Waals surface area contributed by atoms with Gasteiger partial charge < -0.3 is 16.0 Å². The van der Waals surface area contributed by atoms with Gasteiger partial charge in [0.2, 0.25) is 5.91 Å². The molecular formula is C22H29FN4O. The van der Waals surface area contributed by atoms with E-state index in [9.17, 15) is 9.18 Å². The highest BCUT2D eigenvalue weighted by atomic mass is 19.1. The van der Waals surface area contributed by atoms with Crippen LogP contribution in [-0.2, 0) is 11.2 Å². The second-order valence-electron chi connectivity index (χ2n) is 6.61. The van der Waals surface area contributed by atoms with E-state index in [4.69, 9.17) is 0 Å². The van der Waals surface area contributed by atoms with Gasteiger partial charge in [-0.05, 0) is 30.2 Å². The van der Waals surface area contributed by atoms with Crippen LogP contribution in [0.25, 0.3) is 0 Å². The molecule has 1 amide bonds. The lowest BCUT2D eigenvalue weighted by Gasteiger charge is -2.14. The maximum absolute atomic E-state index is 13.2. The molecule has 5 nitrogen and oxygen atoms in total. The molecule has 1 atom stereocenters. The molecule has 0 radical (unpaired) electrons. The molecule has 1 unspecified atom stereocenters. The monoisotopic (exact) mass is 384 g/mol. The van der Waals surface area contributed by atoms with Crippen LogP contribution in [-0.4, -0.2) is 38.0 Å². The van der Waals surface area contributed by atoms with E-state index in [1.54, 1.807) is 12.1 Å². The summed E-state index contributed by atoms with van der Waals surface area (Å²) >= 11 is 0. The quantitative estimate of drug-likeness (QED) is 0.354. The summed E-state index contributed by atoms with van der Waals surface area (Å²) < 4.78 is 13.2. The predicted molar refractivity (Wildman–Crippen MR) is 112 cm³/mol. The number of amides is 1. The summed E-state index contributed by atoms with van der Waals surface area (Å²) in [7, 11) is 0. The summed E-state index contributed by atoms with van der Waals surface area (Å²) in [6.07, 6.45) is 0.167. The fraction of sp³-hybridized carbons (Fsp3) is 0.364. The van der Waals surface area contributed by atoms with Crippen LogP contribution < -0.4 is 16.0 Å². The molecule has 2 rings (SSSR count). The summed E-state index contributed by atoms with van der Waals surface area (Å²) in [6.45, 7) is 6.61. The first-order valence-corrected chi connectivity index (χ1v) is 9.66. The van der Waals surface area contributed by atoms with Crippen LogP contribution in [0, 0.1) is 5.82 Å². The van der Waals surface area contributed by atoms with E-state index >= 15 is 0 Å². The maximum atomic E-state index is 13.2. The minimum absolute atomic E-state index is 0.132. The first kappa shape index (κ1) is 21.4. The molecule has 0 bridgehead atoms.